The third-order valence-corrected chi connectivity index (χ3v) is 4.43. The Morgan fingerprint density at radius 3 is 2.81 bits per heavy atom. The van der Waals surface area contributed by atoms with Crippen molar-refractivity contribution in [2.24, 2.45) is 0 Å². The minimum Gasteiger partial charge on any atom is -0.497 e. The Labute approximate surface area is 153 Å². The highest BCUT2D eigenvalue weighted by molar-refractivity contribution is 5.92. The molecule has 26 heavy (non-hydrogen) atoms. The number of nitrogens with zero attached hydrogens (tertiary/aromatic N) is 2. The van der Waals surface area contributed by atoms with Crippen LogP contribution in [0.3, 0.4) is 0 Å². The highest BCUT2D eigenvalue weighted by Crippen LogP contribution is 2.18. The summed E-state index contributed by atoms with van der Waals surface area (Å²) in [6.45, 7) is 4.27. The fourth-order valence-electron chi connectivity index (χ4n) is 2.98. The van der Waals surface area contributed by atoms with Crippen molar-refractivity contribution < 1.29 is 14.3 Å². The largest absolute Gasteiger partial charge is 0.497 e. The second-order valence-electron chi connectivity index (χ2n) is 6.50. The molecule has 1 amide bonds. The van der Waals surface area contributed by atoms with Crippen LogP contribution in [0.15, 0.2) is 36.5 Å². The lowest BCUT2D eigenvalue weighted by Crippen LogP contribution is -2.34. The number of hydrogen-bond acceptors (Lipinski definition) is 5. The van der Waals surface area contributed by atoms with Gasteiger partial charge < -0.3 is 20.1 Å². The maximum absolute atomic E-state index is 12.3. The van der Waals surface area contributed by atoms with Crippen molar-refractivity contribution in [3.05, 3.63) is 42.2 Å². The molecule has 2 aromatic rings. The molecule has 2 atom stereocenters. The van der Waals surface area contributed by atoms with E-state index in [1.165, 1.54) is 0 Å². The van der Waals surface area contributed by atoms with E-state index in [0.717, 1.165) is 37.4 Å². The summed E-state index contributed by atoms with van der Waals surface area (Å²) in [6.07, 6.45) is 3.94. The number of benzene rings is 1. The van der Waals surface area contributed by atoms with E-state index < -0.39 is 0 Å². The van der Waals surface area contributed by atoms with Gasteiger partial charge in [0.15, 0.2) is 0 Å². The van der Waals surface area contributed by atoms with Crippen molar-refractivity contribution in [3.8, 4) is 11.5 Å². The van der Waals surface area contributed by atoms with Gasteiger partial charge in [0.25, 0.3) is 5.91 Å². The van der Waals surface area contributed by atoms with E-state index in [0.29, 0.717) is 18.3 Å². The molecule has 7 nitrogen and oxygen atoms in total. The Morgan fingerprint density at radius 1 is 1.35 bits per heavy atom. The molecule has 0 aliphatic carbocycles. The van der Waals surface area contributed by atoms with E-state index in [4.69, 9.17) is 9.47 Å². The highest BCUT2D eigenvalue weighted by Gasteiger charge is 2.18. The molecule has 0 spiro atoms. The third kappa shape index (κ3) is 4.76. The number of aromatic nitrogens is 2. The number of amides is 1. The van der Waals surface area contributed by atoms with E-state index in [1.54, 1.807) is 13.2 Å². The van der Waals surface area contributed by atoms with Gasteiger partial charge in [0.2, 0.25) is 0 Å². The SMILES string of the molecule is COc1ccc(OC(C)CNC(=O)c2ccn(C3CCCNC3)n2)cc1. The van der Waals surface area contributed by atoms with Gasteiger partial charge in [-0.3, -0.25) is 9.48 Å². The number of hydrogen-bond donors (Lipinski definition) is 2. The summed E-state index contributed by atoms with van der Waals surface area (Å²) in [4.78, 5) is 12.3. The van der Waals surface area contributed by atoms with Gasteiger partial charge in [-0.05, 0) is 56.6 Å². The first-order valence-electron chi connectivity index (χ1n) is 9.00. The van der Waals surface area contributed by atoms with E-state index in [-0.39, 0.29) is 12.0 Å². The van der Waals surface area contributed by atoms with Crippen LogP contribution in [0.5, 0.6) is 11.5 Å². The fourth-order valence-corrected chi connectivity index (χ4v) is 2.98. The van der Waals surface area contributed by atoms with Crippen LogP contribution in [0.1, 0.15) is 36.3 Å². The molecular formula is C19H26N4O3. The maximum atomic E-state index is 12.3. The normalized spacial score (nSPS) is 18.2. The quantitative estimate of drug-likeness (QED) is 0.792. The van der Waals surface area contributed by atoms with E-state index >= 15 is 0 Å². The molecule has 1 aliphatic heterocycles. The number of rotatable bonds is 7. The average molecular weight is 358 g/mol. The Hall–Kier alpha value is -2.54. The molecule has 1 saturated heterocycles. The lowest BCUT2D eigenvalue weighted by atomic mass is 10.1. The van der Waals surface area contributed by atoms with E-state index in [9.17, 15) is 4.79 Å². The molecule has 2 N–H and O–H groups in total. The molecular weight excluding hydrogens is 332 g/mol. The van der Waals surface area contributed by atoms with Gasteiger partial charge in [0.1, 0.15) is 23.3 Å². The van der Waals surface area contributed by atoms with Crippen LogP contribution >= 0.6 is 0 Å². The molecule has 7 heteroatoms. The minimum absolute atomic E-state index is 0.156. The Bertz CT molecular complexity index is 708. The third-order valence-electron chi connectivity index (χ3n) is 4.43. The van der Waals surface area contributed by atoms with Gasteiger partial charge in [0.05, 0.1) is 19.7 Å². The highest BCUT2D eigenvalue weighted by atomic mass is 16.5. The molecule has 140 valence electrons. The van der Waals surface area contributed by atoms with E-state index in [2.05, 4.69) is 15.7 Å². The van der Waals surface area contributed by atoms with Crippen LogP contribution in [0.4, 0.5) is 0 Å². The molecule has 1 fully saturated rings. The first-order valence-corrected chi connectivity index (χ1v) is 9.00. The lowest BCUT2D eigenvalue weighted by Gasteiger charge is -2.22. The van der Waals surface area contributed by atoms with Gasteiger partial charge in [-0.1, -0.05) is 0 Å². The molecule has 1 aromatic carbocycles. The van der Waals surface area contributed by atoms with Crippen LogP contribution in [-0.4, -0.2) is 48.5 Å². The summed E-state index contributed by atoms with van der Waals surface area (Å²) >= 11 is 0. The van der Waals surface area contributed by atoms with Crippen molar-refractivity contribution in [2.45, 2.75) is 31.9 Å². The minimum atomic E-state index is -0.183. The van der Waals surface area contributed by atoms with Crippen molar-refractivity contribution in [1.29, 1.82) is 0 Å². The fraction of sp³-hybridized carbons (Fsp3) is 0.474. The summed E-state index contributed by atoms with van der Waals surface area (Å²) < 4.78 is 12.8. The Morgan fingerprint density at radius 2 is 2.12 bits per heavy atom. The number of ether oxygens (including phenoxy) is 2. The van der Waals surface area contributed by atoms with Crippen molar-refractivity contribution in [1.82, 2.24) is 20.4 Å². The predicted octanol–water partition coefficient (Wildman–Crippen LogP) is 2.01. The number of nitrogens with one attached hydrogen (secondary N) is 2. The summed E-state index contributed by atoms with van der Waals surface area (Å²) in [5.41, 5.74) is 0.437. The Kier molecular flexibility index (Phi) is 6.12. The molecule has 1 aliphatic rings. The number of methoxy groups -OCH3 is 1. The molecule has 0 radical (unpaired) electrons. The standard InChI is InChI=1S/C19H26N4O3/c1-14(26-17-7-5-16(25-2)6-8-17)12-21-19(24)18-9-11-23(22-18)15-4-3-10-20-13-15/h5-9,11,14-15,20H,3-4,10,12-13H2,1-2H3,(H,21,24). The second-order valence-corrected chi connectivity index (χ2v) is 6.50. The zero-order valence-electron chi connectivity index (χ0n) is 15.3. The zero-order chi connectivity index (χ0) is 18.4. The van der Waals surface area contributed by atoms with Gasteiger partial charge in [-0.2, -0.15) is 5.10 Å². The molecule has 2 heterocycles. The van der Waals surface area contributed by atoms with Gasteiger partial charge >= 0.3 is 0 Å². The maximum Gasteiger partial charge on any atom is 0.271 e. The average Bonchev–Trinajstić information content (AvgIpc) is 3.18. The van der Waals surface area contributed by atoms with Crippen LogP contribution in [-0.2, 0) is 0 Å². The smallest absolute Gasteiger partial charge is 0.271 e. The molecule has 2 unspecified atom stereocenters. The lowest BCUT2D eigenvalue weighted by molar-refractivity contribution is 0.0926. The summed E-state index contributed by atoms with van der Waals surface area (Å²) in [5.74, 6) is 1.33. The van der Waals surface area contributed by atoms with Crippen LogP contribution in [0.2, 0.25) is 0 Å². The van der Waals surface area contributed by atoms with Crippen molar-refractivity contribution >= 4 is 5.91 Å². The van der Waals surface area contributed by atoms with Crippen molar-refractivity contribution in [2.75, 3.05) is 26.7 Å². The topological polar surface area (TPSA) is 77.4 Å². The van der Waals surface area contributed by atoms with Crippen LogP contribution in [0.25, 0.3) is 0 Å². The molecule has 0 bridgehead atoms. The monoisotopic (exact) mass is 358 g/mol. The first kappa shape index (κ1) is 18.3. The molecule has 0 saturated carbocycles. The summed E-state index contributed by atoms with van der Waals surface area (Å²) in [7, 11) is 1.63. The zero-order valence-corrected chi connectivity index (χ0v) is 15.3. The molecule has 1 aromatic heterocycles. The van der Waals surface area contributed by atoms with Crippen molar-refractivity contribution in [3.63, 3.8) is 0 Å². The predicted molar refractivity (Wildman–Crippen MR) is 98.8 cm³/mol. The Balaban J connectivity index is 1.47. The molecule has 3 rings (SSSR count). The first-order chi connectivity index (χ1) is 12.7. The number of carbonyl (C=O) groups excluding carboxylic acids is 1. The van der Waals surface area contributed by atoms with Crippen LogP contribution in [0, 0.1) is 0 Å². The number of carbonyl (C=O) groups is 1. The summed E-state index contributed by atoms with van der Waals surface area (Å²) in [5, 5.41) is 10.7. The van der Waals surface area contributed by atoms with Gasteiger partial charge in [0, 0.05) is 12.7 Å². The van der Waals surface area contributed by atoms with Crippen LogP contribution < -0.4 is 20.1 Å². The number of piperidine rings is 1. The van der Waals surface area contributed by atoms with Gasteiger partial charge in [-0.15, -0.1) is 0 Å². The second kappa shape index (κ2) is 8.71. The van der Waals surface area contributed by atoms with E-state index in [1.807, 2.05) is 42.1 Å². The summed E-state index contributed by atoms with van der Waals surface area (Å²) in [6, 6.07) is 9.45. The van der Waals surface area contributed by atoms with Gasteiger partial charge in [-0.25, -0.2) is 0 Å².